The third kappa shape index (κ3) is 3.38. The van der Waals surface area contributed by atoms with Crippen molar-refractivity contribution in [1.29, 1.82) is 0 Å². The number of carbonyl (C=O) groups excluding carboxylic acids is 1. The maximum atomic E-state index is 11.0. The van der Waals surface area contributed by atoms with Crippen LogP contribution in [0.25, 0.3) is 0 Å². The van der Waals surface area contributed by atoms with Crippen LogP contribution in [0.3, 0.4) is 0 Å². The largest absolute Gasteiger partial charge is 0.273 e. The first-order chi connectivity index (χ1) is 6.20. The molecule has 1 N–H and O–H groups in total. The fourth-order valence-corrected chi connectivity index (χ4v) is 1.24. The van der Waals surface area contributed by atoms with Crippen molar-refractivity contribution in [3.63, 3.8) is 0 Å². The number of hydrazone groups is 1. The Kier molecular flexibility index (Phi) is 3.64. The number of amides is 1. The van der Waals surface area contributed by atoms with Gasteiger partial charge < -0.3 is 0 Å². The minimum Gasteiger partial charge on any atom is -0.273 e. The summed E-state index contributed by atoms with van der Waals surface area (Å²) < 4.78 is 0. The lowest BCUT2D eigenvalue weighted by molar-refractivity contribution is -0.123. The number of thiophene rings is 1. The molecule has 0 aliphatic heterocycles. The van der Waals surface area contributed by atoms with Crippen LogP contribution in [0.5, 0.6) is 0 Å². The number of rotatable bonds is 3. The van der Waals surface area contributed by atoms with Gasteiger partial charge in [-0.25, -0.2) is 5.43 Å². The third-order valence-electron chi connectivity index (χ3n) is 1.43. The zero-order chi connectivity index (χ0) is 9.68. The summed E-state index contributed by atoms with van der Waals surface area (Å²) >= 11 is 1.58. The van der Waals surface area contributed by atoms with E-state index < -0.39 is 0 Å². The second kappa shape index (κ2) is 4.77. The molecule has 0 saturated carbocycles. The Labute approximate surface area is 81.5 Å². The molecule has 0 saturated heterocycles. The fraction of sp³-hybridized carbons (Fsp3) is 0.333. The molecule has 0 spiro atoms. The molecule has 1 aromatic rings. The van der Waals surface area contributed by atoms with Crippen molar-refractivity contribution in [2.45, 2.75) is 13.8 Å². The molecule has 1 amide bonds. The van der Waals surface area contributed by atoms with E-state index in [4.69, 9.17) is 0 Å². The minimum atomic E-state index is -0.0622. The summed E-state index contributed by atoms with van der Waals surface area (Å²) in [4.78, 5) is 12.1. The molecule has 0 bridgehead atoms. The van der Waals surface area contributed by atoms with Gasteiger partial charge >= 0.3 is 0 Å². The molecule has 1 rings (SSSR count). The molecule has 0 aliphatic rings. The van der Waals surface area contributed by atoms with E-state index in [2.05, 4.69) is 10.5 Å². The van der Waals surface area contributed by atoms with Crippen molar-refractivity contribution in [2.24, 2.45) is 11.0 Å². The summed E-state index contributed by atoms with van der Waals surface area (Å²) in [6.07, 6.45) is 1.64. The van der Waals surface area contributed by atoms with Gasteiger partial charge in [-0.05, 0) is 11.4 Å². The van der Waals surface area contributed by atoms with Crippen molar-refractivity contribution < 1.29 is 4.79 Å². The van der Waals surface area contributed by atoms with Gasteiger partial charge in [0.25, 0.3) is 0 Å². The van der Waals surface area contributed by atoms with Gasteiger partial charge in [-0.1, -0.05) is 19.9 Å². The van der Waals surface area contributed by atoms with Gasteiger partial charge in [0.15, 0.2) is 0 Å². The predicted octanol–water partition coefficient (Wildman–Crippen LogP) is 1.85. The number of hydrogen-bond acceptors (Lipinski definition) is 3. The Hall–Kier alpha value is -1.16. The normalized spacial score (nSPS) is 11.0. The maximum absolute atomic E-state index is 11.0. The molecule has 0 aromatic carbocycles. The quantitative estimate of drug-likeness (QED) is 0.582. The Morgan fingerprint density at radius 2 is 2.46 bits per heavy atom. The number of nitrogens with zero attached hydrogens (tertiary/aromatic N) is 1. The fourth-order valence-electron chi connectivity index (χ4n) is 0.653. The smallest absolute Gasteiger partial charge is 0.242 e. The molecule has 70 valence electrons. The monoisotopic (exact) mass is 196 g/mol. The Bertz CT molecular complexity index is 291. The highest BCUT2D eigenvalue weighted by Gasteiger charge is 2.03. The van der Waals surface area contributed by atoms with E-state index in [0.717, 1.165) is 4.88 Å². The lowest BCUT2D eigenvalue weighted by Gasteiger charge is -2.00. The van der Waals surface area contributed by atoms with Crippen LogP contribution in [-0.4, -0.2) is 12.1 Å². The molecule has 0 radical (unpaired) electrons. The van der Waals surface area contributed by atoms with Crippen LogP contribution in [0, 0.1) is 5.92 Å². The maximum Gasteiger partial charge on any atom is 0.242 e. The van der Waals surface area contributed by atoms with Crippen LogP contribution in [-0.2, 0) is 4.79 Å². The third-order valence-corrected chi connectivity index (χ3v) is 2.24. The van der Waals surface area contributed by atoms with Gasteiger partial charge in [0.05, 0.1) is 6.21 Å². The summed E-state index contributed by atoms with van der Waals surface area (Å²) in [5.41, 5.74) is 2.46. The minimum absolute atomic E-state index is 0.0273. The Balaban J connectivity index is 2.39. The SMILES string of the molecule is CC(C)C(=O)N/N=C\c1cccs1. The number of hydrogen-bond donors (Lipinski definition) is 1. The van der Waals surface area contributed by atoms with E-state index in [1.165, 1.54) is 0 Å². The van der Waals surface area contributed by atoms with E-state index in [1.807, 2.05) is 31.4 Å². The van der Waals surface area contributed by atoms with Crippen LogP contribution in [0.15, 0.2) is 22.6 Å². The first kappa shape index (κ1) is 9.92. The molecule has 0 atom stereocenters. The zero-order valence-electron chi connectivity index (χ0n) is 7.65. The van der Waals surface area contributed by atoms with E-state index >= 15 is 0 Å². The molecule has 13 heavy (non-hydrogen) atoms. The zero-order valence-corrected chi connectivity index (χ0v) is 8.47. The molecule has 0 fully saturated rings. The lowest BCUT2D eigenvalue weighted by Crippen LogP contribution is -2.22. The van der Waals surface area contributed by atoms with Crippen LogP contribution in [0.4, 0.5) is 0 Å². The predicted molar refractivity (Wildman–Crippen MR) is 54.9 cm³/mol. The highest BCUT2D eigenvalue weighted by Crippen LogP contribution is 2.04. The van der Waals surface area contributed by atoms with Crippen molar-refractivity contribution in [3.05, 3.63) is 22.4 Å². The topological polar surface area (TPSA) is 41.5 Å². The molecule has 3 nitrogen and oxygen atoms in total. The number of carbonyl (C=O) groups is 1. The van der Waals surface area contributed by atoms with Crippen LogP contribution in [0.2, 0.25) is 0 Å². The summed E-state index contributed by atoms with van der Waals surface area (Å²) in [5.74, 6) is -0.0895. The van der Waals surface area contributed by atoms with E-state index in [0.29, 0.717) is 0 Å². The molecular formula is C9H12N2OS. The van der Waals surface area contributed by atoms with Crippen LogP contribution >= 0.6 is 11.3 Å². The lowest BCUT2D eigenvalue weighted by atomic mass is 10.2. The summed E-state index contributed by atoms with van der Waals surface area (Å²) in [6.45, 7) is 3.66. The summed E-state index contributed by atoms with van der Waals surface area (Å²) in [5, 5.41) is 5.78. The first-order valence-electron chi connectivity index (χ1n) is 4.06. The van der Waals surface area contributed by atoms with Gasteiger partial charge in [-0.15, -0.1) is 11.3 Å². The van der Waals surface area contributed by atoms with Crippen molar-refractivity contribution >= 4 is 23.5 Å². The van der Waals surface area contributed by atoms with Crippen molar-refractivity contribution in [2.75, 3.05) is 0 Å². The molecule has 0 aliphatic carbocycles. The second-order valence-electron chi connectivity index (χ2n) is 2.90. The van der Waals surface area contributed by atoms with Gasteiger partial charge in [0, 0.05) is 10.8 Å². The number of nitrogens with one attached hydrogen (secondary N) is 1. The summed E-state index contributed by atoms with van der Waals surface area (Å²) in [6, 6.07) is 3.88. The van der Waals surface area contributed by atoms with E-state index in [9.17, 15) is 4.79 Å². The average Bonchev–Trinajstić information content (AvgIpc) is 2.56. The van der Waals surface area contributed by atoms with E-state index in [-0.39, 0.29) is 11.8 Å². The van der Waals surface area contributed by atoms with Gasteiger partial charge in [-0.3, -0.25) is 4.79 Å². The van der Waals surface area contributed by atoms with Gasteiger partial charge in [0.1, 0.15) is 0 Å². The Morgan fingerprint density at radius 1 is 1.69 bits per heavy atom. The van der Waals surface area contributed by atoms with Crippen molar-refractivity contribution in [3.8, 4) is 0 Å². The standard InChI is InChI=1S/C9H12N2OS/c1-7(2)9(12)11-10-6-8-4-3-5-13-8/h3-7H,1-2H3,(H,11,12)/b10-6-. The molecule has 1 aromatic heterocycles. The van der Waals surface area contributed by atoms with Crippen LogP contribution < -0.4 is 5.43 Å². The second-order valence-corrected chi connectivity index (χ2v) is 3.88. The van der Waals surface area contributed by atoms with Gasteiger partial charge in [0.2, 0.25) is 5.91 Å². The van der Waals surface area contributed by atoms with E-state index in [1.54, 1.807) is 17.6 Å². The molecule has 1 heterocycles. The summed E-state index contributed by atoms with van der Waals surface area (Å²) in [7, 11) is 0. The van der Waals surface area contributed by atoms with Crippen LogP contribution in [0.1, 0.15) is 18.7 Å². The Morgan fingerprint density at radius 3 is 3.00 bits per heavy atom. The first-order valence-corrected chi connectivity index (χ1v) is 4.94. The molecule has 0 unspecified atom stereocenters. The average molecular weight is 196 g/mol. The molecular weight excluding hydrogens is 184 g/mol. The van der Waals surface area contributed by atoms with Crippen molar-refractivity contribution in [1.82, 2.24) is 5.43 Å². The van der Waals surface area contributed by atoms with Gasteiger partial charge in [-0.2, -0.15) is 5.10 Å². The highest BCUT2D eigenvalue weighted by molar-refractivity contribution is 7.11. The highest BCUT2D eigenvalue weighted by atomic mass is 32.1. The molecule has 4 heteroatoms.